The lowest BCUT2D eigenvalue weighted by Gasteiger charge is -2.13. The molecule has 0 radical (unpaired) electrons. The van der Waals surface area contributed by atoms with Crippen LogP contribution < -0.4 is 14.8 Å². The van der Waals surface area contributed by atoms with E-state index in [9.17, 15) is 4.79 Å². The van der Waals surface area contributed by atoms with Crippen molar-refractivity contribution in [3.8, 4) is 11.5 Å². The van der Waals surface area contributed by atoms with Gasteiger partial charge >= 0.3 is 0 Å². The molecule has 0 aromatic heterocycles. The Morgan fingerprint density at radius 3 is 2.48 bits per heavy atom. The Morgan fingerprint density at radius 2 is 1.68 bits per heavy atom. The Kier molecular flexibility index (Phi) is 5.19. The third-order valence-electron chi connectivity index (χ3n) is 3.85. The van der Waals surface area contributed by atoms with Gasteiger partial charge in [0.15, 0.2) is 0 Å². The van der Waals surface area contributed by atoms with E-state index in [4.69, 9.17) is 9.47 Å². The van der Waals surface area contributed by atoms with Gasteiger partial charge in [0.25, 0.3) is 5.91 Å². The maximum atomic E-state index is 12.8. The minimum Gasteiger partial charge on any atom is -0.494 e. The van der Waals surface area contributed by atoms with E-state index in [0.29, 0.717) is 30.3 Å². The number of carbonyl (C=O) groups excluding carboxylic acids is 1. The van der Waals surface area contributed by atoms with Gasteiger partial charge in [0.1, 0.15) is 11.5 Å². The molecule has 4 nitrogen and oxygen atoms in total. The lowest BCUT2D eigenvalue weighted by molar-refractivity contribution is 0.102. The van der Waals surface area contributed by atoms with Crippen LogP contribution in [0.3, 0.4) is 0 Å². The first-order valence-electron chi connectivity index (χ1n) is 8.41. The minimum atomic E-state index is -0.206. The number of carbonyl (C=O) groups is 1. The first kappa shape index (κ1) is 16.8. The van der Waals surface area contributed by atoms with Crippen LogP contribution in [0.5, 0.6) is 11.5 Å². The van der Waals surface area contributed by atoms with Crippen molar-refractivity contribution in [3.05, 3.63) is 66.2 Å². The predicted molar refractivity (Wildman–Crippen MR) is 101 cm³/mol. The zero-order valence-corrected chi connectivity index (χ0v) is 14.4. The van der Waals surface area contributed by atoms with E-state index in [1.165, 1.54) is 0 Å². The highest BCUT2D eigenvalue weighted by Gasteiger charge is 2.15. The highest BCUT2D eigenvalue weighted by molar-refractivity contribution is 6.10. The fraction of sp³-hybridized carbons (Fsp3) is 0.190. The summed E-state index contributed by atoms with van der Waals surface area (Å²) in [4.78, 5) is 12.8. The molecule has 0 aliphatic heterocycles. The molecule has 0 spiro atoms. The van der Waals surface area contributed by atoms with Crippen molar-refractivity contribution in [1.82, 2.24) is 0 Å². The Hall–Kier alpha value is -3.01. The van der Waals surface area contributed by atoms with E-state index in [2.05, 4.69) is 5.32 Å². The van der Waals surface area contributed by atoms with Gasteiger partial charge in [0.2, 0.25) is 0 Å². The number of fused-ring (bicyclic) bond motifs is 1. The van der Waals surface area contributed by atoms with Gasteiger partial charge in [-0.2, -0.15) is 0 Å². The molecule has 0 aliphatic carbocycles. The average molecular weight is 335 g/mol. The Labute approximate surface area is 147 Å². The fourth-order valence-electron chi connectivity index (χ4n) is 2.75. The van der Waals surface area contributed by atoms with E-state index in [0.717, 1.165) is 16.5 Å². The number of nitrogens with one attached hydrogen (secondary N) is 1. The minimum absolute atomic E-state index is 0.206. The molecule has 0 unspecified atom stereocenters. The van der Waals surface area contributed by atoms with Crippen molar-refractivity contribution in [1.29, 1.82) is 0 Å². The molecule has 3 rings (SSSR count). The van der Waals surface area contributed by atoms with Crippen LogP contribution in [0.1, 0.15) is 24.2 Å². The number of benzene rings is 3. The summed E-state index contributed by atoms with van der Waals surface area (Å²) in [6.07, 6.45) is 0. The second-order valence-corrected chi connectivity index (χ2v) is 5.50. The first-order chi connectivity index (χ1) is 12.2. The third-order valence-corrected chi connectivity index (χ3v) is 3.85. The summed E-state index contributed by atoms with van der Waals surface area (Å²) in [7, 11) is 0. The van der Waals surface area contributed by atoms with Crippen molar-refractivity contribution < 1.29 is 14.3 Å². The van der Waals surface area contributed by atoms with Crippen LogP contribution in [0.25, 0.3) is 10.8 Å². The van der Waals surface area contributed by atoms with E-state index in [1.807, 2.05) is 56.3 Å². The van der Waals surface area contributed by atoms with Gasteiger partial charge < -0.3 is 14.8 Å². The Morgan fingerprint density at radius 1 is 0.920 bits per heavy atom. The molecule has 3 aromatic carbocycles. The summed E-state index contributed by atoms with van der Waals surface area (Å²) in [6.45, 7) is 4.85. The third kappa shape index (κ3) is 3.74. The van der Waals surface area contributed by atoms with Crippen LogP contribution in [0.15, 0.2) is 60.7 Å². The summed E-state index contributed by atoms with van der Waals surface area (Å²) in [5, 5.41) is 5.07. The molecule has 0 fully saturated rings. The van der Waals surface area contributed by atoms with E-state index in [1.54, 1.807) is 18.2 Å². The van der Waals surface area contributed by atoms with Gasteiger partial charge in [-0.1, -0.05) is 36.4 Å². The lowest BCUT2D eigenvalue weighted by Crippen LogP contribution is -2.14. The van der Waals surface area contributed by atoms with Gasteiger partial charge in [-0.3, -0.25) is 4.79 Å². The molecule has 4 heteroatoms. The van der Waals surface area contributed by atoms with Crippen LogP contribution in [-0.4, -0.2) is 19.1 Å². The highest BCUT2D eigenvalue weighted by Crippen LogP contribution is 2.28. The van der Waals surface area contributed by atoms with Crippen LogP contribution in [-0.2, 0) is 0 Å². The molecule has 1 amide bonds. The van der Waals surface area contributed by atoms with Gasteiger partial charge in [-0.25, -0.2) is 0 Å². The van der Waals surface area contributed by atoms with Crippen molar-refractivity contribution >= 4 is 22.4 Å². The summed E-state index contributed by atoms with van der Waals surface area (Å²) in [6, 6.07) is 19.1. The van der Waals surface area contributed by atoms with E-state index < -0.39 is 0 Å². The number of hydrogen-bond acceptors (Lipinski definition) is 3. The predicted octanol–water partition coefficient (Wildman–Crippen LogP) is 4.89. The van der Waals surface area contributed by atoms with Gasteiger partial charge in [-0.05, 0) is 37.4 Å². The fourth-order valence-corrected chi connectivity index (χ4v) is 2.75. The molecule has 3 aromatic rings. The smallest absolute Gasteiger partial charge is 0.259 e. The summed E-state index contributed by atoms with van der Waals surface area (Å²) in [5.74, 6) is 1.00. The maximum absolute atomic E-state index is 12.8. The molecule has 0 aliphatic rings. The normalized spacial score (nSPS) is 10.5. The number of amides is 1. The number of anilines is 1. The van der Waals surface area contributed by atoms with E-state index >= 15 is 0 Å². The molecular formula is C21H21NO3. The largest absolute Gasteiger partial charge is 0.494 e. The lowest BCUT2D eigenvalue weighted by atomic mass is 10.1. The van der Waals surface area contributed by atoms with Crippen molar-refractivity contribution in [2.24, 2.45) is 0 Å². The molecule has 0 atom stereocenters. The van der Waals surface area contributed by atoms with Crippen molar-refractivity contribution in [2.45, 2.75) is 13.8 Å². The summed E-state index contributed by atoms with van der Waals surface area (Å²) >= 11 is 0. The quantitative estimate of drug-likeness (QED) is 0.698. The second kappa shape index (κ2) is 7.71. The molecule has 128 valence electrons. The van der Waals surface area contributed by atoms with Gasteiger partial charge in [-0.15, -0.1) is 0 Å². The molecule has 0 saturated heterocycles. The zero-order chi connectivity index (χ0) is 17.6. The molecule has 0 bridgehead atoms. The van der Waals surface area contributed by atoms with Gasteiger partial charge in [0.05, 0.1) is 18.8 Å². The Bertz CT molecular complexity index is 884. The van der Waals surface area contributed by atoms with Crippen molar-refractivity contribution in [2.75, 3.05) is 18.5 Å². The van der Waals surface area contributed by atoms with Crippen LogP contribution in [0.4, 0.5) is 5.69 Å². The topological polar surface area (TPSA) is 47.6 Å². The number of ether oxygens (including phenoxy) is 2. The molecule has 0 saturated carbocycles. The monoisotopic (exact) mass is 335 g/mol. The number of rotatable bonds is 6. The molecule has 25 heavy (non-hydrogen) atoms. The SMILES string of the molecule is CCOc1ccc(C(=O)Nc2cccc3ccccc23)c(OCC)c1. The Balaban J connectivity index is 1.92. The molecule has 1 N–H and O–H groups in total. The zero-order valence-electron chi connectivity index (χ0n) is 14.4. The van der Waals surface area contributed by atoms with Crippen LogP contribution >= 0.6 is 0 Å². The average Bonchev–Trinajstić information content (AvgIpc) is 2.63. The first-order valence-corrected chi connectivity index (χ1v) is 8.41. The maximum Gasteiger partial charge on any atom is 0.259 e. The standard InChI is InChI=1S/C21H21NO3/c1-3-24-16-12-13-18(20(14-16)25-4-2)21(23)22-19-11-7-9-15-8-5-6-10-17(15)19/h5-14H,3-4H2,1-2H3,(H,22,23). The summed E-state index contributed by atoms with van der Waals surface area (Å²) in [5.41, 5.74) is 1.26. The van der Waals surface area contributed by atoms with E-state index in [-0.39, 0.29) is 5.91 Å². The molecular weight excluding hydrogens is 314 g/mol. The summed E-state index contributed by atoms with van der Waals surface area (Å²) < 4.78 is 11.1. The van der Waals surface area contributed by atoms with Crippen LogP contribution in [0.2, 0.25) is 0 Å². The molecule has 0 heterocycles. The number of hydrogen-bond donors (Lipinski definition) is 1. The van der Waals surface area contributed by atoms with Gasteiger partial charge in [0, 0.05) is 17.1 Å². The second-order valence-electron chi connectivity index (χ2n) is 5.50. The van der Waals surface area contributed by atoms with Crippen molar-refractivity contribution in [3.63, 3.8) is 0 Å². The highest BCUT2D eigenvalue weighted by atomic mass is 16.5. The van der Waals surface area contributed by atoms with Crippen LogP contribution in [0, 0.1) is 0 Å².